The highest BCUT2D eigenvalue weighted by Gasteiger charge is 2.35. The minimum Gasteiger partial charge on any atom is -0.340 e. The van der Waals surface area contributed by atoms with E-state index < -0.39 is 10.2 Å². The van der Waals surface area contributed by atoms with Crippen molar-refractivity contribution >= 4 is 16.1 Å². The molecule has 2 fully saturated rings. The molecule has 1 atom stereocenters. The molecule has 0 unspecified atom stereocenters. The van der Waals surface area contributed by atoms with E-state index in [9.17, 15) is 13.2 Å². The SMILES string of the molecule is CN1CCN(C(=O)[C@H]2CCCN(S(=O)(=O)N(C)C)C2)CC1. The second-order valence-corrected chi connectivity index (χ2v) is 8.26. The summed E-state index contributed by atoms with van der Waals surface area (Å²) in [4.78, 5) is 16.7. The van der Waals surface area contributed by atoms with E-state index in [2.05, 4.69) is 4.90 Å². The average molecular weight is 318 g/mol. The maximum atomic E-state index is 12.6. The molecule has 8 heteroatoms. The number of hydrogen-bond donors (Lipinski definition) is 0. The highest BCUT2D eigenvalue weighted by Crippen LogP contribution is 2.22. The van der Waals surface area contributed by atoms with Crippen LogP contribution < -0.4 is 0 Å². The Hall–Kier alpha value is -0.700. The number of carbonyl (C=O) groups is 1. The summed E-state index contributed by atoms with van der Waals surface area (Å²) in [6.45, 7) is 4.08. The maximum Gasteiger partial charge on any atom is 0.281 e. The topological polar surface area (TPSA) is 64.2 Å². The zero-order valence-electron chi connectivity index (χ0n) is 13.2. The van der Waals surface area contributed by atoms with Crippen molar-refractivity contribution in [3.05, 3.63) is 0 Å². The summed E-state index contributed by atoms with van der Waals surface area (Å²) in [7, 11) is 1.69. The molecule has 0 N–H and O–H groups in total. The van der Waals surface area contributed by atoms with Gasteiger partial charge in [-0.2, -0.15) is 17.0 Å². The van der Waals surface area contributed by atoms with Crippen LogP contribution in [0, 0.1) is 5.92 Å². The molecule has 2 rings (SSSR count). The fraction of sp³-hybridized carbons (Fsp3) is 0.923. The van der Waals surface area contributed by atoms with Crippen LogP contribution in [0.1, 0.15) is 12.8 Å². The number of piperazine rings is 1. The Morgan fingerprint density at radius 1 is 1.10 bits per heavy atom. The Morgan fingerprint density at radius 3 is 2.29 bits per heavy atom. The van der Waals surface area contributed by atoms with Crippen molar-refractivity contribution < 1.29 is 13.2 Å². The van der Waals surface area contributed by atoms with E-state index in [0.717, 1.165) is 39.0 Å². The van der Waals surface area contributed by atoms with E-state index in [1.165, 1.54) is 22.7 Å². The molecule has 0 saturated carbocycles. The van der Waals surface area contributed by atoms with Gasteiger partial charge in [-0.1, -0.05) is 0 Å². The van der Waals surface area contributed by atoms with Gasteiger partial charge in [0, 0.05) is 53.4 Å². The maximum absolute atomic E-state index is 12.6. The molecule has 0 aromatic carbocycles. The van der Waals surface area contributed by atoms with Gasteiger partial charge in [0.1, 0.15) is 0 Å². The van der Waals surface area contributed by atoms with Crippen LogP contribution in [0.2, 0.25) is 0 Å². The van der Waals surface area contributed by atoms with E-state index in [-0.39, 0.29) is 11.8 Å². The lowest BCUT2D eigenvalue weighted by Crippen LogP contribution is -2.53. The Morgan fingerprint density at radius 2 is 1.71 bits per heavy atom. The van der Waals surface area contributed by atoms with Crippen LogP contribution in [-0.4, -0.2) is 93.1 Å². The van der Waals surface area contributed by atoms with Crippen molar-refractivity contribution in [3.63, 3.8) is 0 Å². The molecule has 0 radical (unpaired) electrons. The number of piperidine rings is 1. The lowest BCUT2D eigenvalue weighted by molar-refractivity contribution is -0.138. The van der Waals surface area contributed by atoms with Crippen molar-refractivity contribution in [2.45, 2.75) is 12.8 Å². The van der Waals surface area contributed by atoms with Crippen LogP contribution in [0.5, 0.6) is 0 Å². The van der Waals surface area contributed by atoms with Gasteiger partial charge in [0.15, 0.2) is 0 Å². The standard InChI is InChI=1S/C13H26N4O3S/c1-14(2)21(19,20)17-6-4-5-12(11-17)13(18)16-9-7-15(3)8-10-16/h12H,4-11H2,1-3H3/t12-/m0/s1. The predicted molar refractivity (Wildman–Crippen MR) is 81.0 cm³/mol. The zero-order valence-corrected chi connectivity index (χ0v) is 14.0. The predicted octanol–water partition coefficient (Wildman–Crippen LogP) is -0.721. The molecule has 2 heterocycles. The molecule has 0 spiro atoms. The number of nitrogens with zero attached hydrogens (tertiary/aromatic N) is 4. The van der Waals surface area contributed by atoms with E-state index in [0.29, 0.717) is 13.1 Å². The number of likely N-dealkylation sites (N-methyl/N-ethyl adjacent to an activating group) is 1. The third-order valence-electron chi connectivity index (χ3n) is 4.34. The average Bonchev–Trinajstić information content (AvgIpc) is 2.47. The number of hydrogen-bond acceptors (Lipinski definition) is 4. The minimum atomic E-state index is -3.42. The van der Waals surface area contributed by atoms with Crippen LogP contribution in [0.25, 0.3) is 0 Å². The van der Waals surface area contributed by atoms with E-state index in [1.807, 2.05) is 11.9 Å². The van der Waals surface area contributed by atoms with Gasteiger partial charge in [-0.15, -0.1) is 0 Å². The number of rotatable bonds is 3. The second-order valence-electron chi connectivity index (χ2n) is 6.12. The molecule has 2 aliphatic heterocycles. The van der Waals surface area contributed by atoms with Crippen molar-refractivity contribution in [3.8, 4) is 0 Å². The number of carbonyl (C=O) groups excluding carboxylic acids is 1. The van der Waals surface area contributed by atoms with Crippen molar-refractivity contribution in [1.29, 1.82) is 0 Å². The third kappa shape index (κ3) is 3.74. The summed E-state index contributed by atoms with van der Waals surface area (Å²) in [5.74, 6) is -0.0846. The first kappa shape index (κ1) is 16.7. The molecular weight excluding hydrogens is 292 g/mol. The monoisotopic (exact) mass is 318 g/mol. The van der Waals surface area contributed by atoms with Gasteiger partial charge in [-0.05, 0) is 19.9 Å². The van der Waals surface area contributed by atoms with Gasteiger partial charge < -0.3 is 9.80 Å². The summed E-state index contributed by atoms with van der Waals surface area (Å²) in [6, 6.07) is 0. The van der Waals surface area contributed by atoms with Crippen molar-refractivity contribution in [2.24, 2.45) is 5.92 Å². The van der Waals surface area contributed by atoms with Crippen LogP contribution in [0.4, 0.5) is 0 Å². The molecular formula is C13H26N4O3S. The zero-order chi connectivity index (χ0) is 15.6. The fourth-order valence-corrected chi connectivity index (χ4v) is 4.06. The van der Waals surface area contributed by atoms with Crippen LogP contribution >= 0.6 is 0 Å². The molecule has 0 aromatic heterocycles. The lowest BCUT2D eigenvalue weighted by atomic mass is 9.98. The van der Waals surface area contributed by atoms with Gasteiger partial charge in [-0.3, -0.25) is 4.79 Å². The first-order chi connectivity index (χ1) is 9.82. The molecule has 7 nitrogen and oxygen atoms in total. The Labute approximate surface area is 127 Å². The quantitative estimate of drug-likeness (QED) is 0.689. The Kier molecular flexibility index (Phi) is 5.24. The van der Waals surface area contributed by atoms with Crippen molar-refractivity contribution in [1.82, 2.24) is 18.4 Å². The van der Waals surface area contributed by atoms with Gasteiger partial charge in [0.25, 0.3) is 10.2 Å². The minimum absolute atomic E-state index is 0.113. The molecule has 21 heavy (non-hydrogen) atoms. The van der Waals surface area contributed by atoms with Crippen molar-refractivity contribution in [2.75, 3.05) is 60.4 Å². The number of amides is 1. The largest absolute Gasteiger partial charge is 0.340 e. The van der Waals surface area contributed by atoms with Crippen LogP contribution in [-0.2, 0) is 15.0 Å². The highest BCUT2D eigenvalue weighted by atomic mass is 32.2. The van der Waals surface area contributed by atoms with E-state index in [1.54, 1.807) is 0 Å². The Balaban J connectivity index is 1.99. The normalized spacial score (nSPS) is 26.3. The third-order valence-corrected chi connectivity index (χ3v) is 6.24. The first-order valence-corrected chi connectivity index (χ1v) is 8.87. The molecule has 0 bridgehead atoms. The molecule has 2 saturated heterocycles. The van der Waals surface area contributed by atoms with E-state index in [4.69, 9.17) is 0 Å². The molecule has 0 aliphatic carbocycles. The second kappa shape index (κ2) is 6.60. The fourth-order valence-electron chi connectivity index (χ4n) is 2.87. The first-order valence-electron chi connectivity index (χ1n) is 7.47. The van der Waals surface area contributed by atoms with Crippen LogP contribution in [0.15, 0.2) is 0 Å². The summed E-state index contributed by atoms with van der Waals surface area (Å²) >= 11 is 0. The van der Waals surface area contributed by atoms with E-state index >= 15 is 0 Å². The summed E-state index contributed by atoms with van der Waals surface area (Å²) in [5, 5.41) is 0. The smallest absolute Gasteiger partial charge is 0.281 e. The molecule has 1 amide bonds. The molecule has 2 aliphatic rings. The molecule has 0 aromatic rings. The van der Waals surface area contributed by atoms with Gasteiger partial charge in [-0.25, -0.2) is 0 Å². The highest BCUT2D eigenvalue weighted by molar-refractivity contribution is 7.86. The lowest BCUT2D eigenvalue weighted by Gasteiger charge is -2.38. The van der Waals surface area contributed by atoms with Crippen LogP contribution in [0.3, 0.4) is 0 Å². The van der Waals surface area contributed by atoms with Gasteiger partial charge in [0.05, 0.1) is 5.92 Å². The summed E-state index contributed by atoms with van der Waals surface area (Å²) < 4.78 is 27.0. The summed E-state index contributed by atoms with van der Waals surface area (Å²) in [5.41, 5.74) is 0. The summed E-state index contributed by atoms with van der Waals surface area (Å²) in [6.07, 6.45) is 1.53. The Bertz CT molecular complexity index is 472. The van der Waals surface area contributed by atoms with Gasteiger partial charge in [0.2, 0.25) is 5.91 Å². The molecule has 122 valence electrons. The van der Waals surface area contributed by atoms with Gasteiger partial charge >= 0.3 is 0 Å².